The third-order valence-electron chi connectivity index (χ3n) is 2.74. The van der Waals surface area contributed by atoms with Crippen molar-refractivity contribution < 1.29 is 32.3 Å². The van der Waals surface area contributed by atoms with E-state index in [2.05, 4.69) is 14.2 Å². The molecule has 0 aliphatic carbocycles. The van der Waals surface area contributed by atoms with Crippen LogP contribution in [0.4, 0.5) is 0 Å². The zero-order valence-electron chi connectivity index (χ0n) is 11.9. The SMILES string of the molecule is [B]CCN[C@@H](COP(=O)(O)OP(=O)(O)OC)C(C)CC. The standard InChI is InChI=1S/C9H22BNO7P2/c1-4-8(2)9(11-6-5-10)7-17-20(14,15)18-19(12,13)16-3/h8-9,11H,4-7H2,1-3H3,(H,12,13)(H,14,15)/t8?,9-/m0/s1. The molecule has 0 bridgehead atoms. The Hall–Kier alpha value is 0.285. The summed E-state index contributed by atoms with van der Waals surface area (Å²) < 4.78 is 35.4. The number of phosphoric acid groups is 2. The van der Waals surface area contributed by atoms with E-state index in [1.165, 1.54) is 0 Å². The summed E-state index contributed by atoms with van der Waals surface area (Å²) in [6.07, 6.45) is 1.23. The predicted molar refractivity (Wildman–Crippen MR) is 75.5 cm³/mol. The summed E-state index contributed by atoms with van der Waals surface area (Å²) >= 11 is 0. The minimum atomic E-state index is -4.68. The molecule has 0 aromatic carbocycles. The quantitative estimate of drug-likeness (QED) is 0.385. The maximum Gasteiger partial charge on any atom is 0.481 e. The summed E-state index contributed by atoms with van der Waals surface area (Å²) in [5.74, 6) is 0.157. The lowest BCUT2D eigenvalue weighted by atomic mass is 9.98. The minimum Gasteiger partial charge on any atom is -0.312 e. The van der Waals surface area contributed by atoms with Crippen LogP contribution < -0.4 is 5.32 Å². The zero-order chi connectivity index (χ0) is 15.8. The first-order valence-corrected chi connectivity index (χ1v) is 9.17. The Morgan fingerprint density at radius 1 is 1.30 bits per heavy atom. The van der Waals surface area contributed by atoms with Crippen LogP contribution in [0.3, 0.4) is 0 Å². The molecule has 0 aliphatic heterocycles. The Balaban J connectivity index is 4.51. The number of nitrogens with one attached hydrogen (secondary N) is 1. The number of hydrogen-bond donors (Lipinski definition) is 3. The van der Waals surface area contributed by atoms with Gasteiger partial charge in [0.05, 0.1) is 14.5 Å². The predicted octanol–water partition coefficient (Wildman–Crippen LogP) is 1.46. The van der Waals surface area contributed by atoms with Gasteiger partial charge in [0.15, 0.2) is 0 Å². The first kappa shape index (κ1) is 20.3. The molecule has 118 valence electrons. The Labute approximate surface area is 120 Å². The molecule has 0 amide bonds. The molecule has 20 heavy (non-hydrogen) atoms. The monoisotopic (exact) mass is 329 g/mol. The van der Waals surface area contributed by atoms with Crippen molar-refractivity contribution in [2.24, 2.45) is 5.92 Å². The fourth-order valence-corrected chi connectivity index (χ4v) is 3.19. The molecule has 0 rings (SSSR count). The van der Waals surface area contributed by atoms with Crippen molar-refractivity contribution in [2.75, 3.05) is 20.3 Å². The van der Waals surface area contributed by atoms with Crippen LogP contribution in [0, 0.1) is 5.92 Å². The van der Waals surface area contributed by atoms with E-state index in [0.717, 1.165) is 13.5 Å². The van der Waals surface area contributed by atoms with E-state index >= 15 is 0 Å². The number of phosphoric ester groups is 2. The summed E-state index contributed by atoms with van der Waals surface area (Å²) in [6, 6.07) is -0.228. The highest BCUT2D eigenvalue weighted by Gasteiger charge is 2.35. The van der Waals surface area contributed by atoms with Crippen molar-refractivity contribution in [3.8, 4) is 0 Å². The van der Waals surface area contributed by atoms with Crippen molar-refractivity contribution in [3.05, 3.63) is 0 Å². The first-order valence-electron chi connectivity index (χ1n) is 6.18. The molecular weight excluding hydrogens is 307 g/mol. The van der Waals surface area contributed by atoms with Crippen molar-refractivity contribution in [1.82, 2.24) is 5.32 Å². The van der Waals surface area contributed by atoms with Crippen molar-refractivity contribution in [1.29, 1.82) is 0 Å². The van der Waals surface area contributed by atoms with Crippen molar-refractivity contribution in [3.63, 3.8) is 0 Å². The van der Waals surface area contributed by atoms with Crippen LogP contribution in [-0.2, 0) is 22.5 Å². The largest absolute Gasteiger partial charge is 0.481 e. The van der Waals surface area contributed by atoms with E-state index in [1.54, 1.807) is 0 Å². The molecule has 0 spiro atoms. The van der Waals surface area contributed by atoms with Gasteiger partial charge in [0.2, 0.25) is 0 Å². The summed E-state index contributed by atoms with van der Waals surface area (Å²) in [6.45, 7) is 4.26. The first-order chi connectivity index (χ1) is 9.17. The van der Waals surface area contributed by atoms with Crippen LogP contribution in [-0.4, -0.2) is 43.9 Å². The highest BCUT2D eigenvalue weighted by Crippen LogP contribution is 2.60. The fraction of sp³-hybridized carbons (Fsp3) is 1.00. The third kappa shape index (κ3) is 8.54. The van der Waals surface area contributed by atoms with Crippen LogP contribution in [0.15, 0.2) is 0 Å². The van der Waals surface area contributed by atoms with Crippen LogP contribution in [0.25, 0.3) is 0 Å². The Morgan fingerprint density at radius 3 is 2.35 bits per heavy atom. The number of rotatable bonds is 11. The molecule has 11 heteroatoms. The van der Waals surface area contributed by atoms with Gasteiger partial charge >= 0.3 is 15.6 Å². The zero-order valence-corrected chi connectivity index (χ0v) is 13.7. The van der Waals surface area contributed by atoms with Gasteiger partial charge < -0.3 is 15.1 Å². The fourth-order valence-electron chi connectivity index (χ4n) is 1.34. The second-order valence-corrected chi connectivity index (χ2v) is 7.38. The topological polar surface area (TPSA) is 114 Å². The summed E-state index contributed by atoms with van der Waals surface area (Å²) in [4.78, 5) is 18.3. The Bertz CT molecular complexity index is 370. The molecule has 0 aliphatic rings. The molecule has 0 heterocycles. The van der Waals surface area contributed by atoms with Gasteiger partial charge in [0.25, 0.3) is 0 Å². The van der Waals surface area contributed by atoms with Crippen LogP contribution in [0.2, 0.25) is 6.32 Å². The van der Waals surface area contributed by atoms with E-state index < -0.39 is 15.6 Å². The van der Waals surface area contributed by atoms with E-state index in [4.69, 9.17) is 17.3 Å². The molecule has 0 aromatic heterocycles. The van der Waals surface area contributed by atoms with Gasteiger partial charge in [-0.1, -0.05) is 26.6 Å². The van der Waals surface area contributed by atoms with E-state index in [0.29, 0.717) is 12.9 Å². The van der Waals surface area contributed by atoms with Gasteiger partial charge in [-0.3, -0.25) is 9.05 Å². The molecule has 4 atom stereocenters. The molecule has 0 saturated carbocycles. The highest BCUT2D eigenvalue weighted by molar-refractivity contribution is 7.61. The Kier molecular flexibility index (Phi) is 9.47. The smallest absolute Gasteiger partial charge is 0.312 e. The van der Waals surface area contributed by atoms with Crippen molar-refractivity contribution >= 4 is 23.5 Å². The Morgan fingerprint density at radius 2 is 1.90 bits per heavy atom. The van der Waals surface area contributed by atoms with Gasteiger partial charge in [0.1, 0.15) is 0 Å². The average Bonchev–Trinajstić information content (AvgIpc) is 2.36. The molecule has 0 saturated heterocycles. The van der Waals surface area contributed by atoms with Gasteiger partial charge in [-0.2, -0.15) is 4.31 Å². The van der Waals surface area contributed by atoms with Crippen LogP contribution in [0.5, 0.6) is 0 Å². The van der Waals surface area contributed by atoms with E-state index in [1.807, 2.05) is 13.8 Å². The third-order valence-corrected chi connectivity index (χ3v) is 5.32. The molecule has 3 N–H and O–H groups in total. The van der Waals surface area contributed by atoms with E-state index in [-0.39, 0.29) is 18.6 Å². The van der Waals surface area contributed by atoms with E-state index in [9.17, 15) is 14.0 Å². The summed E-state index contributed by atoms with van der Waals surface area (Å²) in [5.41, 5.74) is 0. The van der Waals surface area contributed by atoms with Crippen LogP contribution in [0.1, 0.15) is 20.3 Å². The lowest BCUT2D eigenvalue weighted by Gasteiger charge is -2.25. The molecular formula is C9H22BNO7P2. The lowest BCUT2D eigenvalue weighted by molar-refractivity contribution is 0.145. The normalized spacial score (nSPS) is 20.9. The number of hydrogen-bond acceptors (Lipinski definition) is 6. The minimum absolute atomic E-state index is 0.157. The lowest BCUT2D eigenvalue weighted by Crippen LogP contribution is -2.39. The van der Waals surface area contributed by atoms with Gasteiger partial charge in [0, 0.05) is 13.2 Å². The van der Waals surface area contributed by atoms with Crippen molar-refractivity contribution in [2.45, 2.75) is 32.6 Å². The molecule has 0 fully saturated rings. The average molecular weight is 329 g/mol. The van der Waals surface area contributed by atoms with Gasteiger partial charge in [-0.15, -0.1) is 0 Å². The van der Waals surface area contributed by atoms with Gasteiger partial charge in [-0.05, 0) is 12.5 Å². The second-order valence-electron chi connectivity index (χ2n) is 4.23. The maximum absolute atomic E-state index is 11.5. The highest BCUT2D eigenvalue weighted by atomic mass is 31.3. The molecule has 3 unspecified atom stereocenters. The van der Waals surface area contributed by atoms with Gasteiger partial charge in [-0.25, -0.2) is 9.13 Å². The second kappa shape index (κ2) is 9.33. The molecule has 8 nitrogen and oxygen atoms in total. The molecule has 2 radical (unpaired) electrons. The summed E-state index contributed by atoms with van der Waals surface area (Å²) in [5, 5.41) is 3.07. The molecule has 0 aromatic rings. The van der Waals surface area contributed by atoms with Crippen LogP contribution >= 0.6 is 15.6 Å². The summed E-state index contributed by atoms with van der Waals surface area (Å²) in [7, 11) is -3.00. The maximum atomic E-state index is 11.5.